The molecule has 0 aromatic carbocycles. The molecule has 1 aromatic heterocycles. The van der Waals surface area contributed by atoms with Crippen LogP contribution in [0.15, 0.2) is 12.7 Å². The number of hydrogen-bond acceptors (Lipinski definition) is 5. The number of ether oxygens (including phenoxy) is 1. The lowest BCUT2D eigenvalue weighted by molar-refractivity contribution is -0.132. The molecule has 3 rings (SSSR count). The zero-order chi connectivity index (χ0) is 16.2. The zero-order valence-electron chi connectivity index (χ0n) is 13.0. The van der Waals surface area contributed by atoms with Gasteiger partial charge in [0.1, 0.15) is 6.10 Å². The lowest BCUT2D eigenvalue weighted by Gasteiger charge is -2.25. The van der Waals surface area contributed by atoms with Crippen LogP contribution in [-0.4, -0.2) is 41.0 Å². The number of fused-ring (bicyclic) bond motifs is 1. The first-order valence-corrected chi connectivity index (χ1v) is 8.78. The van der Waals surface area contributed by atoms with E-state index >= 15 is 0 Å². The number of carbonyl (C=O) groups is 2. The third-order valence-electron chi connectivity index (χ3n) is 4.10. The highest BCUT2D eigenvalue weighted by atomic mass is 32.1. The van der Waals surface area contributed by atoms with E-state index in [1.807, 2.05) is 4.90 Å². The van der Waals surface area contributed by atoms with Gasteiger partial charge in [-0.05, 0) is 19.3 Å². The summed E-state index contributed by atoms with van der Waals surface area (Å²) in [5, 5.41) is 3.45. The molecule has 0 spiro atoms. The van der Waals surface area contributed by atoms with E-state index in [4.69, 9.17) is 4.74 Å². The predicted molar refractivity (Wildman–Crippen MR) is 88.3 cm³/mol. The maximum Gasteiger partial charge on any atom is 0.255 e. The molecule has 1 saturated heterocycles. The van der Waals surface area contributed by atoms with Crippen LogP contribution in [0.25, 0.3) is 0 Å². The zero-order valence-corrected chi connectivity index (χ0v) is 13.9. The van der Waals surface area contributed by atoms with Gasteiger partial charge in [-0.15, -0.1) is 6.58 Å². The average Bonchev–Trinajstić information content (AvgIpc) is 3.20. The Labute approximate surface area is 139 Å². The Balaban J connectivity index is 1.60. The number of rotatable bonds is 5. The van der Waals surface area contributed by atoms with E-state index in [1.165, 1.54) is 11.3 Å². The van der Waals surface area contributed by atoms with Crippen molar-refractivity contribution < 1.29 is 14.3 Å². The van der Waals surface area contributed by atoms with Crippen molar-refractivity contribution >= 4 is 28.3 Å². The van der Waals surface area contributed by atoms with Crippen molar-refractivity contribution in [2.45, 2.75) is 44.8 Å². The van der Waals surface area contributed by atoms with Gasteiger partial charge in [0.2, 0.25) is 5.91 Å². The smallest absolute Gasteiger partial charge is 0.255 e. The minimum Gasteiger partial charge on any atom is -0.368 e. The van der Waals surface area contributed by atoms with Gasteiger partial charge in [0.25, 0.3) is 5.91 Å². The Morgan fingerprint density at radius 3 is 3.13 bits per heavy atom. The van der Waals surface area contributed by atoms with Crippen LogP contribution in [0.5, 0.6) is 0 Å². The Bertz CT molecular complexity index is 608. The molecule has 23 heavy (non-hydrogen) atoms. The summed E-state index contributed by atoms with van der Waals surface area (Å²) >= 11 is 1.45. The minimum atomic E-state index is -0.354. The van der Waals surface area contributed by atoms with Crippen molar-refractivity contribution in [2.24, 2.45) is 0 Å². The first-order chi connectivity index (χ1) is 11.2. The summed E-state index contributed by atoms with van der Waals surface area (Å²) in [5.41, 5.74) is 0.991. The molecule has 1 atom stereocenters. The van der Waals surface area contributed by atoms with Crippen LogP contribution in [0.3, 0.4) is 0 Å². The number of aromatic nitrogens is 1. The number of allylic oxidation sites excluding steroid dienone is 1. The maximum absolute atomic E-state index is 12.1. The van der Waals surface area contributed by atoms with E-state index in [0.29, 0.717) is 37.7 Å². The molecule has 7 heteroatoms. The molecule has 0 radical (unpaired) electrons. The van der Waals surface area contributed by atoms with E-state index in [-0.39, 0.29) is 17.9 Å². The lowest BCUT2D eigenvalue weighted by atomic mass is 10.1. The first-order valence-electron chi connectivity index (χ1n) is 7.97. The SMILES string of the molecule is C=CCCC(=O)N1CCc2nc(NC(=O)C3CCCO3)sc2C1. The summed E-state index contributed by atoms with van der Waals surface area (Å²) in [6.45, 7) is 5.56. The van der Waals surface area contributed by atoms with Crippen LogP contribution < -0.4 is 5.32 Å². The van der Waals surface area contributed by atoms with E-state index in [9.17, 15) is 9.59 Å². The van der Waals surface area contributed by atoms with E-state index in [2.05, 4.69) is 16.9 Å². The maximum atomic E-state index is 12.1. The molecule has 0 bridgehead atoms. The molecule has 3 heterocycles. The average molecular weight is 335 g/mol. The van der Waals surface area contributed by atoms with Crippen LogP contribution in [-0.2, 0) is 27.3 Å². The standard InChI is InChI=1S/C16H21N3O3S/c1-2-3-6-14(20)19-8-7-11-13(10-19)23-16(17-11)18-15(21)12-5-4-9-22-12/h2,12H,1,3-10H2,(H,17,18,21). The highest BCUT2D eigenvalue weighted by Gasteiger charge is 2.27. The molecule has 0 saturated carbocycles. The van der Waals surface area contributed by atoms with Gasteiger partial charge in [-0.1, -0.05) is 17.4 Å². The second-order valence-electron chi connectivity index (χ2n) is 5.77. The topological polar surface area (TPSA) is 71.5 Å². The summed E-state index contributed by atoms with van der Waals surface area (Å²) in [7, 11) is 0. The third-order valence-corrected chi connectivity index (χ3v) is 5.10. The molecule has 1 unspecified atom stereocenters. The quantitative estimate of drug-likeness (QED) is 0.837. The summed E-state index contributed by atoms with van der Waals surface area (Å²) in [5.74, 6) is 0.0291. The summed E-state index contributed by atoms with van der Waals surface area (Å²) < 4.78 is 5.38. The second-order valence-corrected chi connectivity index (χ2v) is 6.86. The molecule has 2 aliphatic heterocycles. The van der Waals surface area contributed by atoms with Gasteiger partial charge in [0, 0.05) is 30.9 Å². The molecule has 124 valence electrons. The second kappa shape index (κ2) is 7.23. The fourth-order valence-electron chi connectivity index (χ4n) is 2.82. The summed E-state index contributed by atoms with van der Waals surface area (Å²) in [6, 6.07) is 0. The van der Waals surface area contributed by atoms with Crippen molar-refractivity contribution in [2.75, 3.05) is 18.5 Å². The van der Waals surface area contributed by atoms with Gasteiger partial charge in [-0.2, -0.15) is 0 Å². The van der Waals surface area contributed by atoms with Crippen LogP contribution in [0.1, 0.15) is 36.3 Å². The third kappa shape index (κ3) is 3.79. The van der Waals surface area contributed by atoms with Crippen LogP contribution in [0.4, 0.5) is 5.13 Å². The van der Waals surface area contributed by atoms with Crippen molar-refractivity contribution in [1.82, 2.24) is 9.88 Å². The Morgan fingerprint density at radius 1 is 1.52 bits per heavy atom. The highest BCUT2D eigenvalue weighted by molar-refractivity contribution is 7.15. The lowest BCUT2D eigenvalue weighted by Crippen LogP contribution is -2.35. The first kappa shape index (κ1) is 16.1. The molecular weight excluding hydrogens is 314 g/mol. The highest BCUT2D eigenvalue weighted by Crippen LogP contribution is 2.29. The molecule has 6 nitrogen and oxygen atoms in total. The molecule has 1 aromatic rings. The van der Waals surface area contributed by atoms with E-state index in [1.54, 1.807) is 6.08 Å². The van der Waals surface area contributed by atoms with Crippen LogP contribution in [0, 0.1) is 0 Å². The van der Waals surface area contributed by atoms with E-state index < -0.39 is 0 Å². The van der Waals surface area contributed by atoms with Gasteiger partial charge in [0.05, 0.1) is 12.2 Å². The Hall–Kier alpha value is -1.73. The molecule has 2 aliphatic rings. The number of amides is 2. The largest absolute Gasteiger partial charge is 0.368 e. The van der Waals surface area contributed by atoms with Crippen molar-refractivity contribution in [3.63, 3.8) is 0 Å². The molecule has 1 N–H and O–H groups in total. The van der Waals surface area contributed by atoms with Crippen LogP contribution >= 0.6 is 11.3 Å². The summed E-state index contributed by atoms with van der Waals surface area (Å²) in [6.07, 6.45) is 5.04. The number of carbonyl (C=O) groups excluding carboxylic acids is 2. The fraction of sp³-hybridized carbons (Fsp3) is 0.562. The number of nitrogens with one attached hydrogen (secondary N) is 1. The molecule has 2 amide bonds. The van der Waals surface area contributed by atoms with Crippen molar-refractivity contribution in [1.29, 1.82) is 0 Å². The van der Waals surface area contributed by atoms with Crippen molar-refractivity contribution in [3.8, 4) is 0 Å². The van der Waals surface area contributed by atoms with E-state index in [0.717, 1.165) is 29.8 Å². The normalized spacial score (nSPS) is 20.2. The predicted octanol–water partition coefficient (Wildman–Crippen LogP) is 2.11. The molecule has 0 aliphatic carbocycles. The van der Waals surface area contributed by atoms with Gasteiger partial charge in [-0.3, -0.25) is 14.9 Å². The van der Waals surface area contributed by atoms with Crippen LogP contribution in [0.2, 0.25) is 0 Å². The minimum absolute atomic E-state index is 0.118. The number of hydrogen-bond donors (Lipinski definition) is 1. The molecule has 1 fully saturated rings. The number of nitrogens with zero attached hydrogens (tertiary/aromatic N) is 2. The monoisotopic (exact) mass is 335 g/mol. The Kier molecular flexibility index (Phi) is 5.07. The van der Waals surface area contributed by atoms with Crippen molar-refractivity contribution in [3.05, 3.63) is 23.2 Å². The number of anilines is 1. The van der Waals surface area contributed by atoms with Gasteiger partial charge >= 0.3 is 0 Å². The Morgan fingerprint density at radius 2 is 2.39 bits per heavy atom. The fourth-order valence-corrected chi connectivity index (χ4v) is 3.84. The van der Waals surface area contributed by atoms with Gasteiger partial charge in [-0.25, -0.2) is 4.98 Å². The van der Waals surface area contributed by atoms with Gasteiger partial charge in [0.15, 0.2) is 5.13 Å². The number of thiazole rings is 1. The molecular formula is C16H21N3O3S. The van der Waals surface area contributed by atoms with Gasteiger partial charge < -0.3 is 9.64 Å². The summed E-state index contributed by atoms with van der Waals surface area (Å²) in [4.78, 5) is 31.6.